The first-order valence-electron chi connectivity index (χ1n) is 6.98. The number of ether oxygens (including phenoxy) is 1. The fraction of sp³-hybridized carbons (Fsp3) is 0.625. The van der Waals surface area contributed by atoms with Crippen LogP contribution in [0.3, 0.4) is 0 Å². The molecule has 1 atom stereocenters. The Hall–Kier alpha value is -0.0700. The Bertz CT molecular complexity index is 576. The van der Waals surface area contributed by atoms with Crippen LogP contribution in [-0.4, -0.2) is 17.9 Å². The van der Waals surface area contributed by atoms with E-state index in [9.17, 15) is 13.0 Å². The molecule has 0 aliphatic carbocycles. The maximum Gasteiger partial charge on any atom is 1.00 e. The summed E-state index contributed by atoms with van der Waals surface area (Å²) in [6.07, 6.45) is 0.533. The van der Waals surface area contributed by atoms with Crippen molar-refractivity contribution < 1.29 is 47.3 Å². The molecule has 0 aromatic heterocycles. The van der Waals surface area contributed by atoms with E-state index in [0.717, 1.165) is 0 Å². The van der Waals surface area contributed by atoms with Gasteiger partial charge in [0.25, 0.3) is 0 Å². The maximum atomic E-state index is 11.9. The van der Waals surface area contributed by atoms with Gasteiger partial charge in [-0.05, 0) is 30.9 Å². The van der Waals surface area contributed by atoms with Crippen molar-refractivity contribution in [2.24, 2.45) is 10.8 Å². The Morgan fingerprint density at radius 1 is 1.00 bits per heavy atom. The molecule has 1 unspecified atom stereocenters. The van der Waals surface area contributed by atoms with E-state index in [-0.39, 0.29) is 35.0 Å². The predicted molar refractivity (Wildman–Crippen MR) is 83.0 cm³/mol. The van der Waals surface area contributed by atoms with Gasteiger partial charge in [-0.2, -0.15) is 0 Å². The van der Waals surface area contributed by atoms with Crippen molar-refractivity contribution in [3.8, 4) is 5.75 Å². The molecule has 4 nitrogen and oxygen atoms in total. The molecule has 0 radical (unpaired) electrons. The van der Waals surface area contributed by atoms with E-state index < -0.39 is 20.5 Å². The largest absolute Gasteiger partial charge is 1.00 e. The summed E-state index contributed by atoms with van der Waals surface area (Å²) in [5.41, 5.74) is -0.975. The van der Waals surface area contributed by atoms with E-state index in [1.807, 2.05) is 20.8 Å². The molecule has 6 heteroatoms. The fourth-order valence-electron chi connectivity index (χ4n) is 2.73. The standard InChI is InChI=1S/C16H26O4S.Na/c1-14(2,3)12-15(4,5)16(6,21(17,18)19)20-13-10-8-7-9-11-13;/h7-11H,12H2,1-6H3,(H,17,18,19);/q;+1/p-1. The zero-order chi connectivity index (χ0) is 16.5. The molecule has 0 spiro atoms. The first-order valence-corrected chi connectivity index (χ1v) is 8.39. The fourth-order valence-corrected chi connectivity index (χ4v) is 3.67. The molecule has 0 saturated heterocycles. The van der Waals surface area contributed by atoms with Crippen molar-refractivity contribution >= 4 is 10.1 Å². The minimum Gasteiger partial charge on any atom is -0.745 e. The molecule has 1 rings (SSSR count). The second-order valence-corrected chi connectivity index (χ2v) is 9.12. The molecule has 0 saturated carbocycles. The SMILES string of the molecule is CC(C)(C)CC(C)(C)C(C)(Oc1ccccc1)S(=O)(=O)[O-].[Na+]. The molecule has 1 aromatic rings. The smallest absolute Gasteiger partial charge is 0.745 e. The number of hydrogen-bond donors (Lipinski definition) is 0. The van der Waals surface area contributed by atoms with Gasteiger partial charge in [0.1, 0.15) is 15.9 Å². The molecule has 0 amide bonds. The Morgan fingerprint density at radius 2 is 1.45 bits per heavy atom. The number of benzene rings is 1. The summed E-state index contributed by atoms with van der Waals surface area (Å²) in [7, 11) is -4.66. The molecule has 0 fully saturated rings. The zero-order valence-electron chi connectivity index (χ0n) is 14.6. The Labute approximate surface area is 156 Å². The molecule has 0 heterocycles. The van der Waals surface area contributed by atoms with Gasteiger partial charge in [-0.1, -0.05) is 52.8 Å². The topological polar surface area (TPSA) is 66.4 Å². The van der Waals surface area contributed by atoms with E-state index in [1.54, 1.807) is 44.2 Å². The van der Waals surface area contributed by atoms with Gasteiger partial charge < -0.3 is 9.29 Å². The summed E-state index contributed by atoms with van der Waals surface area (Å²) in [5, 5.41) is 0. The monoisotopic (exact) mass is 336 g/mol. The van der Waals surface area contributed by atoms with E-state index in [4.69, 9.17) is 4.74 Å². The van der Waals surface area contributed by atoms with Crippen LogP contribution in [0.4, 0.5) is 0 Å². The summed E-state index contributed by atoms with van der Waals surface area (Å²) in [4.78, 5) is -1.84. The third kappa shape index (κ3) is 5.24. The third-order valence-corrected chi connectivity index (χ3v) is 5.32. The van der Waals surface area contributed by atoms with Crippen LogP contribution in [0.5, 0.6) is 5.75 Å². The average molecular weight is 336 g/mol. The molecule has 0 aliphatic rings. The van der Waals surface area contributed by atoms with Gasteiger partial charge >= 0.3 is 29.6 Å². The summed E-state index contributed by atoms with van der Waals surface area (Å²) in [5.74, 6) is 0.376. The molecule has 120 valence electrons. The van der Waals surface area contributed by atoms with Crippen LogP contribution < -0.4 is 34.3 Å². The number of rotatable bonds is 5. The summed E-state index contributed by atoms with van der Waals surface area (Å²) in [6, 6.07) is 8.58. The van der Waals surface area contributed by atoms with Gasteiger partial charge in [0.2, 0.25) is 0 Å². The van der Waals surface area contributed by atoms with Gasteiger partial charge in [0.05, 0.1) is 0 Å². The molecule has 0 bridgehead atoms. The van der Waals surface area contributed by atoms with Crippen molar-refractivity contribution in [2.45, 2.75) is 52.9 Å². The molecule has 0 N–H and O–H groups in total. The van der Waals surface area contributed by atoms with Crippen molar-refractivity contribution in [2.75, 3.05) is 0 Å². The zero-order valence-corrected chi connectivity index (χ0v) is 17.5. The van der Waals surface area contributed by atoms with E-state index in [2.05, 4.69) is 0 Å². The second-order valence-electron chi connectivity index (χ2n) is 7.44. The van der Waals surface area contributed by atoms with Gasteiger partial charge in [-0.3, -0.25) is 0 Å². The Kier molecular flexibility index (Phi) is 7.20. The van der Waals surface area contributed by atoms with Gasteiger partial charge in [-0.25, -0.2) is 8.42 Å². The van der Waals surface area contributed by atoms with Crippen LogP contribution in [0.15, 0.2) is 30.3 Å². The molecular formula is C16H25NaO4S. The van der Waals surface area contributed by atoms with E-state index in [1.165, 1.54) is 6.92 Å². The Morgan fingerprint density at radius 3 is 1.82 bits per heavy atom. The molecule has 22 heavy (non-hydrogen) atoms. The van der Waals surface area contributed by atoms with Crippen LogP contribution in [-0.2, 0) is 10.1 Å². The van der Waals surface area contributed by atoms with Gasteiger partial charge in [0.15, 0.2) is 4.93 Å². The van der Waals surface area contributed by atoms with Gasteiger partial charge in [0, 0.05) is 5.41 Å². The van der Waals surface area contributed by atoms with Crippen LogP contribution in [0.25, 0.3) is 0 Å². The molecule has 1 aromatic carbocycles. The third-order valence-electron chi connectivity index (χ3n) is 3.73. The predicted octanol–water partition coefficient (Wildman–Crippen LogP) is 0.793. The average Bonchev–Trinajstić information content (AvgIpc) is 2.25. The van der Waals surface area contributed by atoms with Crippen LogP contribution >= 0.6 is 0 Å². The summed E-state index contributed by atoms with van der Waals surface area (Å²) in [6.45, 7) is 10.9. The molecular weight excluding hydrogens is 311 g/mol. The second kappa shape index (κ2) is 7.22. The number of hydrogen-bond acceptors (Lipinski definition) is 4. The minimum absolute atomic E-state index is 0. The quantitative estimate of drug-likeness (QED) is 0.589. The van der Waals surface area contributed by atoms with E-state index >= 15 is 0 Å². The molecule has 0 aliphatic heterocycles. The Balaban J connectivity index is 0.00000441. The van der Waals surface area contributed by atoms with Crippen molar-refractivity contribution in [3.63, 3.8) is 0 Å². The van der Waals surface area contributed by atoms with Crippen molar-refractivity contribution in [1.29, 1.82) is 0 Å². The number of para-hydroxylation sites is 1. The summed E-state index contributed by atoms with van der Waals surface area (Å²) < 4.78 is 41.4. The minimum atomic E-state index is -4.66. The summed E-state index contributed by atoms with van der Waals surface area (Å²) >= 11 is 0. The van der Waals surface area contributed by atoms with Crippen molar-refractivity contribution in [1.82, 2.24) is 0 Å². The first kappa shape index (κ1) is 21.9. The van der Waals surface area contributed by atoms with Crippen LogP contribution in [0, 0.1) is 10.8 Å². The maximum absolute atomic E-state index is 11.9. The van der Waals surface area contributed by atoms with Gasteiger partial charge in [-0.15, -0.1) is 0 Å². The first-order chi connectivity index (χ1) is 9.29. The van der Waals surface area contributed by atoms with Crippen LogP contribution in [0.1, 0.15) is 48.0 Å². The normalized spacial score (nSPS) is 15.6. The van der Waals surface area contributed by atoms with Crippen molar-refractivity contribution in [3.05, 3.63) is 30.3 Å². The van der Waals surface area contributed by atoms with Crippen LogP contribution in [0.2, 0.25) is 0 Å². The van der Waals surface area contributed by atoms with E-state index in [0.29, 0.717) is 12.2 Å².